The van der Waals surface area contributed by atoms with Gasteiger partial charge in [-0.25, -0.2) is 0 Å². The fourth-order valence-electron chi connectivity index (χ4n) is 2.35. The molecule has 0 spiro atoms. The molecule has 3 aromatic carbocycles. The fourth-order valence-corrected chi connectivity index (χ4v) is 6.00. The van der Waals surface area contributed by atoms with E-state index in [4.69, 9.17) is 11.2 Å². The highest BCUT2D eigenvalue weighted by Gasteiger charge is 2.31. The first-order valence-corrected chi connectivity index (χ1v) is 9.27. The van der Waals surface area contributed by atoms with Gasteiger partial charge < -0.3 is 0 Å². The Morgan fingerprint density at radius 2 is 0.700 bits per heavy atom. The maximum Gasteiger partial charge on any atom is 0.0406 e. The van der Waals surface area contributed by atoms with Gasteiger partial charge in [-0.3, -0.25) is 0 Å². The van der Waals surface area contributed by atoms with Gasteiger partial charge in [0.15, 0.2) is 0 Å². The van der Waals surface area contributed by atoms with Crippen LogP contribution in [0.3, 0.4) is 0 Å². The summed E-state index contributed by atoms with van der Waals surface area (Å²) < 4.78 is 0. The molecule has 3 aromatic rings. The molecule has 0 saturated carbocycles. The highest BCUT2D eigenvalue weighted by Crippen LogP contribution is 2.60. The highest BCUT2D eigenvalue weighted by molar-refractivity contribution is 8.14. The zero-order valence-electron chi connectivity index (χ0n) is 11.0. The smallest absolute Gasteiger partial charge is 0.0406 e. The van der Waals surface area contributed by atoms with Gasteiger partial charge in [0.2, 0.25) is 0 Å². The van der Waals surface area contributed by atoms with Gasteiger partial charge in [0, 0.05) is 6.62 Å². The average molecular weight is 298 g/mol. The Bertz CT molecular complexity index is 569. The number of halogens is 1. The molecule has 0 saturated heterocycles. The minimum absolute atomic E-state index is 1.19. The summed E-state index contributed by atoms with van der Waals surface area (Å²) in [4.78, 5) is 0. The SMILES string of the molecule is Cl[P](c1ccccc1)(c1ccccc1)c1ccccc1. The first-order chi connectivity index (χ1) is 9.82. The lowest BCUT2D eigenvalue weighted by Gasteiger charge is -2.31. The second kappa shape index (κ2) is 5.79. The van der Waals surface area contributed by atoms with E-state index in [-0.39, 0.29) is 0 Å². The highest BCUT2D eigenvalue weighted by atomic mass is 35.7. The fraction of sp³-hybridized carbons (Fsp3) is 0. The molecule has 0 fully saturated rings. The summed E-state index contributed by atoms with van der Waals surface area (Å²) in [6.07, 6.45) is 0. The Morgan fingerprint density at radius 1 is 0.450 bits per heavy atom. The Hall–Kier alpha value is -1.62. The molecular formula is C18H15ClP. The van der Waals surface area contributed by atoms with E-state index < -0.39 is 6.62 Å². The Labute approximate surface area is 125 Å². The summed E-state index contributed by atoms with van der Waals surface area (Å²) in [7, 11) is 0. The van der Waals surface area contributed by atoms with E-state index in [2.05, 4.69) is 72.8 Å². The van der Waals surface area contributed by atoms with Crippen LogP contribution in [0.25, 0.3) is 0 Å². The number of rotatable bonds is 3. The molecule has 0 aromatic heterocycles. The lowest BCUT2D eigenvalue weighted by atomic mass is 10.4. The normalized spacial score (nSPS) is 11.2. The summed E-state index contributed by atoms with van der Waals surface area (Å²) in [5, 5.41) is 3.58. The zero-order valence-corrected chi connectivity index (χ0v) is 12.6. The molecule has 0 atom stereocenters. The van der Waals surface area contributed by atoms with Crippen molar-refractivity contribution in [2.75, 3.05) is 0 Å². The van der Waals surface area contributed by atoms with E-state index in [1.807, 2.05) is 18.2 Å². The molecule has 0 aliphatic heterocycles. The maximum absolute atomic E-state index is 7.23. The molecule has 0 amide bonds. The Balaban J connectivity index is 2.24. The lowest BCUT2D eigenvalue weighted by Crippen LogP contribution is -2.26. The van der Waals surface area contributed by atoms with E-state index in [0.717, 1.165) is 0 Å². The van der Waals surface area contributed by atoms with Crippen LogP contribution >= 0.6 is 17.9 Å². The van der Waals surface area contributed by atoms with Crippen LogP contribution in [0.5, 0.6) is 0 Å². The third kappa shape index (κ3) is 2.38. The predicted octanol–water partition coefficient (Wildman–Crippen LogP) is 4.13. The number of benzene rings is 3. The summed E-state index contributed by atoms with van der Waals surface area (Å²) in [5.74, 6) is 0. The van der Waals surface area contributed by atoms with Crippen LogP contribution in [-0.4, -0.2) is 0 Å². The summed E-state index contributed by atoms with van der Waals surface area (Å²) >= 11 is 7.23. The van der Waals surface area contributed by atoms with Crippen LogP contribution in [0.4, 0.5) is 0 Å². The quantitative estimate of drug-likeness (QED) is 0.638. The van der Waals surface area contributed by atoms with Gasteiger partial charge in [-0.15, -0.1) is 0 Å². The van der Waals surface area contributed by atoms with Crippen molar-refractivity contribution in [3.63, 3.8) is 0 Å². The molecule has 20 heavy (non-hydrogen) atoms. The van der Waals surface area contributed by atoms with E-state index in [1.165, 1.54) is 15.9 Å². The van der Waals surface area contributed by atoms with Crippen LogP contribution in [0, 0.1) is 0 Å². The Kier molecular flexibility index (Phi) is 3.87. The first kappa shape index (κ1) is 13.4. The molecule has 0 N–H and O–H groups in total. The van der Waals surface area contributed by atoms with E-state index in [1.54, 1.807) is 0 Å². The van der Waals surface area contributed by atoms with E-state index >= 15 is 0 Å². The molecule has 2 heteroatoms. The lowest BCUT2D eigenvalue weighted by molar-refractivity contribution is 1.73. The monoisotopic (exact) mass is 297 g/mol. The van der Waals surface area contributed by atoms with Crippen molar-refractivity contribution in [2.24, 2.45) is 0 Å². The first-order valence-electron chi connectivity index (χ1n) is 6.57. The molecule has 0 nitrogen and oxygen atoms in total. The van der Waals surface area contributed by atoms with Crippen LogP contribution in [0.1, 0.15) is 0 Å². The Morgan fingerprint density at radius 3 is 0.950 bits per heavy atom. The minimum atomic E-state index is -2.05. The van der Waals surface area contributed by atoms with Gasteiger partial charge in [0.25, 0.3) is 0 Å². The zero-order chi connectivity index (χ0) is 13.8. The van der Waals surface area contributed by atoms with Crippen LogP contribution in [0.15, 0.2) is 91.0 Å². The minimum Gasteiger partial charge on any atom is -0.0872 e. The van der Waals surface area contributed by atoms with Gasteiger partial charge in [0.1, 0.15) is 0 Å². The third-order valence-corrected chi connectivity index (χ3v) is 8.12. The van der Waals surface area contributed by atoms with Crippen molar-refractivity contribution in [2.45, 2.75) is 0 Å². The van der Waals surface area contributed by atoms with Gasteiger partial charge >= 0.3 is 0 Å². The molecule has 0 bridgehead atoms. The van der Waals surface area contributed by atoms with Crippen LogP contribution in [0.2, 0.25) is 0 Å². The number of hydrogen-bond acceptors (Lipinski definition) is 0. The molecule has 0 unspecified atom stereocenters. The second-order valence-electron chi connectivity index (χ2n) is 4.60. The van der Waals surface area contributed by atoms with Crippen molar-refractivity contribution in [3.05, 3.63) is 91.0 Å². The topological polar surface area (TPSA) is 0 Å². The molecule has 0 aliphatic rings. The van der Waals surface area contributed by atoms with E-state index in [0.29, 0.717) is 0 Å². The summed E-state index contributed by atoms with van der Waals surface area (Å²) in [5.41, 5.74) is 0. The van der Waals surface area contributed by atoms with Crippen LogP contribution < -0.4 is 15.9 Å². The van der Waals surface area contributed by atoms with Crippen molar-refractivity contribution < 1.29 is 0 Å². The number of hydrogen-bond donors (Lipinski definition) is 0. The molecule has 0 aliphatic carbocycles. The van der Waals surface area contributed by atoms with Crippen molar-refractivity contribution in [1.29, 1.82) is 0 Å². The standard InChI is InChI=1S/C18H15ClP/c19-20(16-10-4-1-5-11-16,17-12-6-2-7-13-17)18-14-8-3-9-15-18/h1-15H. The molecule has 99 valence electrons. The van der Waals surface area contributed by atoms with Gasteiger partial charge in [-0.05, 0) is 15.9 Å². The maximum atomic E-state index is 7.23. The largest absolute Gasteiger partial charge is 0.0872 e. The van der Waals surface area contributed by atoms with Gasteiger partial charge in [-0.1, -0.05) is 102 Å². The predicted molar refractivity (Wildman–Crippen MR) is 91.0 cm³/mol. The average Bonchev–Trinajstić information content (AvgIpc) is 2.56. The summed E-state index contributed by atoms with van der Waals surface area (Å²) in [6, 6.07) is 31.2. The molecular weight excluding hydrogens is 283 g/mol. The third-order valence-electron chi connectivity index (χ3n) is 3.34. The van der Waals surface area contributed by atoms with Gasteiger partial charge in [-0.2, -0.15) is 0 Å². The van der Waals surface area contributed by atoms with Crippen molar-refractivity contribution in [1.82, 2.24) is 0 Å². The second-order valence-corrected chi connectivity index (χ2v) is 8.84. The molecule has 0 heterocycles. The summed E-state index contributed by atoms with van der Waals surface area (Å²) in [6.45, 7) is -2.05. The molecule has 3 rings (SSSR count). The van der Waals surface area contributed by atoms with Crippen molar-refractivity contribution >= 4 is 33.8 Å². The van der Waals surface area contributed by atoms with Gasteiger partial charge in [0.05, 0.1) is 0 Å². The van der Waals surface area contributed by atoms with E-state index in [9.17, 15) is 0 Å². The van der Waals surface area contributed by atoms with Crippen molar-refractivity contribution in [3.8, 4) is 0 Å². The molecule has 1 radical (unpaired) electrons. The van der Waals surface area contributed by atoms with Crippen LogP contribution in [-0.2, 0) is 0 Å².